The second-order valence-electron chi connectivity index (χ2n) is 16.0. The van der Waals surface area contributed by atoms with Crippen molar-refractivity contribution in [2.75, 3.05) is 38.7 Å². The highest BCUT2D eigenvalue weighted by Crippen LogP contribution is 2.60. The summed E-state index contributed by atoms with van der Waals surface area (Å²) in [5.74, 6) is -1.65. The number of ether oxygens (including phenoxy) is 4. The quantitative estimate of drug-likeness (QED) is 0.123. The summed E-state index contributed by atoms with van der Waals surface area (Å²) in [4.78, 5) is 12.6. The molecule has 0 amide bonds. The van der Waals surface area contributed by atoms with Crippen molar-refractivity contribution in [3.8, 4) is 11.5 Å². The maximum atomic E-state index is 13.0. The van der Waals surface area contributed by atoms with Crippen LogP contribution in [0.3, 0.4) is 0 Å². The Bertz CT molecular complexity index is 1670. The second-order valence-corrected chi connectivity index (χ2v) is 18.6. The van der Waals surface area contributed by atoms with Crippen molar-refractivity contribution in [3.05, 3.63) is 36.1 Å². The largest absolute Gasteiger partial charge is 0.485 e. The molecule has 2 saturated carbocycles. The molecule has 1 saturated heterocycles. The van der Waals surface area contributed by atoms with Crippen molar-refractivity contribution in [2.45, 2.75) is 106 Å². The van der Waals surface area contributed by atoms with E-state index in [2.05, 4.69) is 19.2 Å². The van der Waals surface area contributed by atoms with Crippen LogP contribution in [-0.4, -0.2) is 122 Å². The van der Waals surface area contributed by atoms with E-state index >= 15 is 0 Å². The molecule has 3 fully saturated rings. The maximum absolute atomic E-state index is 13.0. The van der Waals surface area contributed by atoms with E-state index in [9.17, 15) is 35.4 Å². The molecule has 54 heavy (non-hydrogen) atoms. The number of aryl methyl sites for hydroxylation is 1. The number of esters is 1. The fourth-order valence-electron chi connectivity index (χ4n) is 9.67. The first-order chi connectivity index (χ1) is 25.9. The van der Waals surface area contributed by atoms with Gasteiger partial charge in [-0.25, -0.2) is 0 Å². The monoisotopic (exact) mass is 793 g/mol. The van der Waals surface area contributed by atoms with Gasteiger partial charge in [-0.05, 0) is 74.5 Å². The lowest BCUT2D eigenvalue weighted by Crippen LogP contribution is -2.85. The lowest BCUT2D eigenvalue weighted by Gasteiger charge is -2.66. The number of carbonyl (C=O) groups is 1. The minimum atomic E-state index is -2.42. The number of allylic oxidation sites excluding steroid dienone is 1. The lowest BCUT2D eigenvalue weighted by atomic mass is 9.51. The van der Waals surface area contributed by atoms with Crippen LogP contribution in [0.25, 0.3) is 11.0 Å². The van der Waals surface area contributed by atoms with Crippen LogP contribution in [0.15, 0.2) is 35.0 Å². The number of rotatable bonds is 7. The van der Waals surface area contributed by atoms with E-state index in [4.69, 9.17) is 23.4 Å². The molecule has 12 unspecified atom stereocenters. The first kappa shape index (κ1) is 40.2. The van der Waals surface area contributed by atoms with Crippen molar-refractivity contribution in [1.82, 2.24) is 5.32 Å². The number of nitrogens with one attached hydrogen (secondary N) is 1. The predicted octanol–water partition coefficient (Wildman–Crippen LogP) is 2.95. The van der Waals surface area contributed by atoms with E-state index in [0.717, 1.165) is 19.3 Å². The molecule has 7 N–H and O–H groups in total. The van der Waals surface area contributed by atoms with Crippen LogP contribution in [0.2, 0.25) is 0 Å². The fourth-order valence-corrected chi connectivity index (χ4v) is 13.1. The fraction of sp³-hybridized carbons (Fsp3) is 0.718. The molecule has 3 heterocycles. The highest BCUT2D eigenvalue weighted by Gasteiger charge is 2.76. The predicted molar refractivity (Wildman–Crippen MR) is 203 cm³/mol. The van der Waals surface area contributed by atoms with Crippen LogP contribution in [0, 0.1) is 29.6 Å². The van der Waals surface area contributed by atoms with E-state index in [1.165, 1.54) is 23.1 Å². The maximum Gasteiger partial charge on any atom is 0.306 e. The normalized spacial score (nSPS) is 39.6. The summed E-state index contributed by atoms with van der Waals surface area (Å²) in [7, 11) is 3.11. The average Bonchev–Trinajstić information content (AvgIpc) is 3.62. The molecule has 7 rings (SSSR count). The minimum absolute atomic E-state index is 0.00444. The smallest absolute Gasteiger partial charge is 0.306 e. The van der Waals surface area contributed by atoms with Gasteiger partial charge in [0.15, 0.2) is 16.9 Å². The van der Waals surface area contributed by atoms with Gasteiger partial charge in [0.25, 0.3) is 0 Å². The van der Waals surface area contributed by atoms with Gasteiger partial charge in [0.2, 0.25) is 12.0 Å². The van der Waals surface area contributed by atoms with Gasteiger partial charge >= 0.3 is 5.97 Å². The van der Waals surface area contributed by atoms with E-state index in [1.54, 1.807) is 35.9 Å². The molecule has 3 aliphatic carbocycles. The highest BCUT2D eigenvalue weighted by atomic mass is 33.1. The number of aliphatic hydroxyl groups is 6. The van der Waals surface area contributed by atoms with Crippen LogP contribution in [0.4, 0.5) is 0 Å². The third-order valence-corrected chi connectivity index (χ3v) is 15.8. The van der Waals surface area contributed by atoms with Gasteiger partial charge in [-0.3, -0.25) is 4.79 Å². The molecule has 2 aromatic rings. The van der Waals surface area contributed by atoms with Crippen LogP contribution in [0.1, 0.15) is 58.4 Å². The Kier molecular flexibility index (Phi) is 11.9. The van der Waals surface area contributed by atoms with E-state index in [-0.39, 0.29) is 61.0 Å². The summed E-state index contributed by atoms with van der Waals surface area (Å²) in [6.07, 6.45) is 2.91. The van der Waals surface area contributed by atoms with Gasteiger partial charge in [0.1, 0.15) is 23.9 Å². The number of furan rings is 1. The first-order valence-corrected chi connectivity index (χ1v) is 21.7. The van der Waals surface area contributed by atoms with Crippen molar-refractivity contribution < 1.29 is 58.8 Å². The summed E-state index contributed by atoms with van der Waals surface area (Å²) in [6.45, 7) is 5.91. The van der Waals surface area contributed by atoms with Crippen molar-refractivity contribution >= 4 is 38.5 Å². The van der Waals surface area contributed by atoms with Gasteiger partial charge in [0, 0.05) is 53.8 Å². The topological polar surface area (TPSA) is 201 Å². The number of aliphatic hydroxyl groups excluding tert-OH is 4. The Morgan fingerprint density at radius 1 is 1.15 bits per heavy atom. The van der Waals surface area contributed by atoms with Crippen LogP contribution in [0.5, 0.6) is 11.5 Å². The van der Waals surface area contributed by atoms with Crippen molar-refractivity contribution in [3.63, 3.8) is 0 Å². The molecule has 0 spiro atoms. The van der Waals surface area contributed by atoms with Gasteiger partial charge in [-0.1, -0.05) is 47.6 Å². The molecular formula is C39H55NO12S2. The zero-order chi connectivity index (χ0) is 38.4. The average molecular weight is 794 g/mol. The van der Waals surface area contributed by atoms with Gasteiger partial charge in [-0.15, -0.1) is 0 Å². The van der Waals surface area contributed by atoms with Gasteiger partial charge in [0.05, 0.1) is 25.6 Å². The summed E-state index contributed by atoms with van der Waals surface area (Å²) in [6, 6.07) is 3.72. The number of hydrogen-bond donors (Lipinski definition) is 7. The van der Waals surface area contributed by atoms with Crippen LogP contribution >= 0.6 is 21.6 Å². The zero-order valence-corrected chi connectivity index (χ0v) is 32.7. The lowest BCUT2D eigenvalue weighted by molar-refractivity contribution is -0.416. The third-order valence-electron chi connectivity index (χ3n) is 12.7. The second kappa shape index (κ2) is 16.1. The molecule has 12 atom stereocenters. The summed E-state index contributed by atoms with van der Waals surface area (Å²) in [5.41, 5.74) is -5.56. The summed E-state index contributed by atoms with van der Waals surface area (Å²) >= 11 is 0. The molecule has 1 aromatic heterocycles. The number of carbonyl (C=O) groups excluding carboxylic acids is 1. The van der Waals surface area contributed by atoms with E-state index in [0.29, 0.717) is 34.9 Å². The molecule has 0 radical (unpaired) electrons. The zero-order valence-electron chi connectivity index (χ0n) is 31.1. The first-order valence-electron chi connectivity index (χ1n) is 19.3. The summed E-state index contributed by atoms with van der Waals surface area (Å²) < 4.78 is 31.2. The Morgan fingerprint density at radius 3 is 2.70 bits per heavy atom. The molecule has 13 nitrogen and oxygen atoms in total. The standard InChI is InChI=1S/C39H55NO12S2/c1-4-48-30(44)10-7-23-15-24-11-13-49-32(24)34-33(23)51-36-39(47)31-25(5-8-28(43)26(31)18-41)17-38(46,35(39)45)37(19-42,52-36)20-53-54-29-9-6-22(21(2)3)16-27(29)40-12-14-50-34/h5,8,11,13,15,21-22,25-29,31,35-36,40-43,45-47H,4,6-7,9-10,12,14,16-20H2,1-3H3. The molecule has 4 bridgehead atoms. The SMILES string of the molecule is CCOC(=O)CCc1cc2ccoc2c2c1OC1OC(CO)(CSSC3CCC(C(C)C)CC3NCCO2)C2(O)CC3C=CC(O)C(CO)C3C1(O)C2O. The molecule has 1 aromatic carbocycles. The van der Waals surface area contributed by atoms with E-state index in [1.807, 2.05) is 0 Å². The summed E-state index contributed by atoms with van der Waals surface area (Å²) in [5, 5.41) is 75.5. The van der Waals surface area contributed by atoms with Crippen molar-refractivity contribution in [2.24, 2.45) is 29.6 Å². The Hall–Kier alpha value is -2.05. The third kappa shape index (κ3) is 6.87. The van der Waals surface area contributed by atoms with E-state index < -0.39 is 72.2 Å². The molecule has 5 aliphatic rings. The highest BCUT2D eigenvalue weighted by molar-refractivity contribution is 8.77. The van der Waals surface area contributed by atoms with Crippen molar-refractivity contribution in [1.29, 1.82) is 0 Å². The molecule has 15 heteroatoms. The molecular weight excluding hydrogens is 739 g/mol. The van der Waals surface area contributed by atoms with Gasteiger partial charge < -0.3 is 59.3 Å². The van der Waals surface area contributed by atoms with Gasteiger partial charge in [-0.2, -0.15) is 0 Å². The Labute approximate surface area is 323 Å². The Morgan fingerprint density at radius 2 is 1.96 bits per heavy atom. The number of hydrogen-bond acceptors (Lipinski definition) is 15. The Balaban J connectivity index is 1.38. The number of fused-ring (bicyclic) bond motifs is 12. The van der Waals surface area contributed by atoms with Crippen LogP contribution in [-0.2, 0) is 20.7 Å². The number of benzene rings is 1. The molecule has 300 valence electrons. The van der Waals surface area contributed by atoms with Crippen LogP contribution < -0.4 is 14.8 Å². The molecule has 2 aliphatic heterocycles. The minimum Gasteiger partial charge on any atom is -0.485 e.